The molecule has 0 saturated carbocycles. The van der Waals surface area contributed by atoms with Crippen molar-refractivity contribution in [2.24, 2.45) is 0 Å². The predicted octanol–water partition coefficient (Wildman–Crippen LogP) is 3.50. The minimum absolute atomic E-state index is 0.330. The van der Waals surface area contributed by atoms with E-state index in [1.165, 1.54) is 0 Å². The second-order valence-electron chi connectivity index (χ2n) is 3.76. The smallest absolute Gasteiger partial charge is 0.184 e. The highest BCUT2D eigenvalue weighted by atomic mass is 79.9. The predicted molar refractivity (Wildman–Crippen MR) is 70.2 cm³/mol. The van der Waals surface area contributed by atoms with Crippen molar-refractivity contribution in [2.45, 2.75) is 12.7 Å². The van der Waals surface area contributed by atoms with E-state index in [2.05, 4.69) is 22.5 Å². The van der Waals surface area contributed by atoms with Gasteiger partial charge in [0.2, 0.25) is 0 Å². The van der Waals surface area contributed by atoms with Gasteiger partial charge in [-0.05, 0) is 12.5 Å². The highest BCUT2D eigenvalue weighted by molar-refractivity contribution is 9.15. The first-order valence-corrected chi connectivity index (χ1v) is 6.28. The third kappa shape index (κ3) is 2.70. The van der Waals surface area contributed by atoms with Crippen LogP contribution in [0.15, 0.2) is 24.8 Å². The van der Waals surface area contributed by atoms with Gasteiger partial charge in [-0.3, -0.25) is 0 Å². The summed E-state index contributed by atoms with van der Waals surface area (Å²) in [6.45, 7) is 5.35. The van der Waals surface area contributed by atoms with Gasteiger partial charge in [-0.25, -0.2) is 0 Å². The van der Waals surface area contributed by atoms with Crippen LogP contribution < -0.4 is 4.74 Å². The Hall–Kier alpha value is -0.840. The fraction of sp³-hybridized carbons (Fsp3) is 0.385. The molecule has 0 aliphatic carbocycles. The summed E-state index contributed by atoms with van der Waals surface area (Å²) in [7, 11) is 1.64. The summed E-state index contributed by atoms with van der Waals surface area (Å²) in [5.74, 6) is 0.766. The van der Waals surface area contributed by atoms with Crippen LogP contribution in [0.3, 0.4) is 0 Å². The van der Waals surface area contributed by atoms with Crippen molar-refractivity contribution in [3.05, 3.63) is 35.9 Å². The molecule has 0 atom stereocenters. The van der Waals surface area contributed by atoms with Crippen molar-refractivity contribution in [1.82, 2.24) is 0 Å². The van der Waals surface area contributed by atoms with Gasteiger partial charge >= 0.3 is 0 Å². The van der Waals surface area contributed by atoms with E-state index < -0.39 is 0 Å². The molecule has 0 aromatic heterocycles. The van der Waals surface area contributed by atoms with Gasteiger partial charge in [0.1, 0.15) is 5.75 Å². The van der Waals surface area contributed by atoms with E-state index in [9.17, 15) is 0 Å². The van der Waals surface area contributed by atoms with Crippen LogP contribution in [0, 0.1) is 0 Å². The van der Waals surface area contributed by atoms with Crippen molar-refractivity contribution in [1.29, 1.82) is 0 Å². The molecule has 4 heteroatoms. The largest absolute Gasteiger partial charge is 0.496 e. The summed E-state index contributed by atoms with van der Waals surface area (Å²) in [5, 5.41) is 0. The second-order valence-corrected chi connectivity index (χ2v) is 4.71. The van der Waals surface area contributed by atoms with Crippen LogP contribution in [-0.4, -0.2) is 20.3 Å². The zero-order valence-corrected chi connectivity index (χ0v) is 11.3. The molecule has 1 saturated heterocycles. The minimum atomic E-state index is -0.330. The van der Waals surface area contributed by atoms with Crippen LogP contribution in [0.2, 0.25) is 0 Å². The molecular weight excluding hydrogens is 284 g/mol. The molecule has 3 nitrogen and oxygen atoms in total. The van der Waals surface area contributed by atoms with Crippen molar-refractivity contribution >= 4 is 20.4 Å². The molecule has 1 fully saturated rings. The Morgan fingerprint density at radius 2 is 2.12 bits per heavy atom. The van der Waals surface area contributed by atoms with E-state index in [4.69, 9.17) is 14.2 Å². The molecule has 0 amide bonds. The van der Waals surface area contributed by atoms with Crippen molar-refractivity contribution in [3.63, 3.8) is 0 Å². The molecule has 1 aliphatic heterocycles. The van der Waals surface area contributed by atoms with Gasteiger partial charge in [0, 0.05) is 15.6 Å². The van der Waals surface area contributed by atoms with Crippen LogP contribution in [0.25, 0.3) is 4.48 Å². The molecule has 0 spiro atoms. The van der Waals surface area contributed by atoms with E-state index in [0.29, 0.717) is 0 Å². The fourth-order valence-electron chi connectivity index (χ4n) is 1.87. The molecule has 0 N–H and O–H groups in total. The molecule has 92 valence electrons. The molecule has 1 aliphatic rings. The maximum atomic E-state index is 5.61. The monoisotopic (exact) mass is 298 g/mol. The molecule has 17 heavy (non-hydrogen) atoms. The lowest BCUT2D eigenvalue weighted by Gasteiger charge is -2.26. The average Bonchev–Trinajstić information content (AvgIpc) is 2.38. The highest BCUT2D eigenvalue weighted by Crippen LogP contribution is 2.37. The number of rotatable bonds is 3. The minimum Gasteiger partial charge on any atom is -0.496 e. The summed E-state index contributed by atoms with van der Waals surface area (Å²) in [5.41, 5.74) is 1.85. The van der Waals surface area contributed by atoms with Crippen LogP contribution in [0.5, 0.6) is 5.75 Å². The second kappa shape index (κ2) is 5.67. The van der Waals surface area contributed by atoms with Crippen molar-refractivity contribution < 1.29 is 14.2 Å². The molecule has 0 radical (unpaired) electrons. The van der Waals surface area contributed by atoms with Gasteiger partial charge in [-0.1, -0.05) is 34.6 Å². The van der Waals surface area contributed by atoms with E-state index in [0.717, 1.165) is 41.0 Å². The van der Waals surface area contributed by atoms with Crippen LogP contribution in [0.1, 0.15) is 23.8 Å². The van der Waals surface area contributed by atoms with Crippen LogP contribution >= 0.6 is 15.9 Å². The zero-order chi connectivity index (χ0) is 12.3. The molecule has 0 bridgehead atoms. The van der Waals surface area contributed by atoms with Crippen LogP contribution in [0.4, 0.5) is 0 Å². The Balaban J connectivity index is 2.40. The SMILES string of the molecule is C=C(Br)c1c(OC)cccc1C1OCCCO1. The summed E-state index contributed by atoms with van der Waals surface area (Å²) in [6.07, 6.45) is 0.605. The number of halogens is 1. The van der Waals surface area contributed by atoms with Gasteiger partial charge in [-0.2, -0.15) is 0 Å². The normalized spacial score (nSPS) is 16.8. The molecule has 0 unspecified atom stereocenters. The molecule has 1 aromatic carbocycles. The van der Waals surface area contributed by atoms with Gasteiger partial charge in [0.25, 0.3) is 0 Å². The Labute approximate surface area is 109 Å². The van der Waals surface area contributed by atoms with Gasteiger partial charge in [0.15, 0.2) is 6.29 Å². The quantitative estimate of drug-likeness (QED) is 0.855. The van der Waals surface area contributed by atoms with E-state index in [1.807, 2.05) is 18.2 Å². The van der Waals surface area contributed by atoms with Gasteiger partial charge in [-0.15, -0.1) is 0 Å². The maximum Gasteiger partial charge on any atom is 0.184 e. The fourth-order valence-corrected chi connectivity index (χ4v) is 2.30. The first-order chi connectivity index (χ1) is 8.24. The lowest BCUT2D eigenvalue weighted by molar-refractivity contribution is -0.183. The number of benzene rings is 1. The number of hydrogen-bond donors (Lipinski definition) is 0. The van der Waals surface area contributed by atoms with E-state index >= 15 is 0 Å². The Bertz CT molecular complexity index is 411. The molecule has 2 rings (SSSR count). The van der Waals surface area contributed by atoms with E-state index in [-0.39, 0.29) is 6.29 Å². The molecule has 1 aromatic rings. The van der Waals surface area contributed by atoms with Gasteiger partial charge < -0.3 is 14.2 Å². The van der Waals surface area contributed by atoms with Crippen LogP contribution in [-0.2, 0) is 9.47 Å². The molecular formula is C13H15BrO3. The topological polar surface area (TPSA) is 27.7 Å². The van der Waals surface area contributed by atoms with Crippen molar-refractivity contribution in [3.8, 4) is 5.75 Å². The first kappa shape index (κ1) is 12.6. The van der Waals surface area contributed by atoms with Gasteiger partial charge in [0.05, 0.1) is 20.3 Å². The van der Waals surface area contributed by atoms with Crippen molar-refractivity contribution in [2.75, 3.05) is 20.3 Å². The standard InChI is InChI=1S/C13H15BrO3/c1-9(14)12-10(5-3-6-11(12)15-2)13-16-7-4-8-17-13/h3,5-6,13H,1,4,7-8H2,2H3. The third-order valence-electron chi connectivity index (χ3n) is 2.63. The summed E-state index contributed by atoms with van der Waals surface area (Å²) < 4.78 is 17.3. The summed E-state index contributed by atoms with van der Waals surface area (Å²) in [4.78, 5) is 0. The lowest BCUT2D eigenvalue weighted by atomic mass is 10.1. The maximum absolute atomic E-state index is 5.61. The number of methoxy groups -OCH3 is 1. The van der Waals surface area contributed by atoms with E-state index in [1.54, 1.807) is 7.11 Å². The zero-order valence-electron chi connectivity index (χ0n) is 9.74. The summed E-state index contributed by atoms with van der Waals surface area (Å²) in [6, 6.07) is 5.79. The lowest BCUT2D eigenvalue weighted by Crippen LogP contribution is -2.18. The third-order valence-corrected chi connectivity index (χ3v) is 3.03. The molecule has 1 heterocycles. The first-order valence-electron chi connectivity index (χ1n) is 5.49. The Morgan fingerprint density at radius 3 is 2.71 bits per heavy atom. The Kier molecular flexibility index (Phi) is 4.20. The Morgan fingerprint density at radius 1 is 1.41 bits per heavy atom. The highest BCUT2D eigenvalue weighted by Gasteiger charge is 2.22. The summed E-state index contributed by atoms with van der Waals surface area (Å²) >= 11 is 3.41. The average molecular weight is 299 g/mol. The number of hydrogen-bond acceptors (Lipinski definition) is 3. The number of ether oxygens (including phenoxy) is 3.